The third-order valence-electron chi connectivity index (χ3n) is 3.27. The van der Waals surface area contributed by atoms with Crippen molar-refractivity contribution in [2.24, 2.45) is 0 Å². The van der Waals surface area contributed by atoms with Gasteiger partial charge in [0.1, 0.15) is 0 Å². The van der Waals surface area contributed by atoms with Crippen LogP contribution in [0.15, 0.2) is 29.2 Å². The average molecular weight is 323 g/mol. The molecule has 1 heterocycles. The van der Waals surface area contributed by atoms with Crippen molar-refractivity contribution in [2.75, 3.05) is 5.75 Å². The second kappa shape index (κ2) is 7.14. The predicted octanol–water partition coefficient (Wildman–Crippen LogP) is 4.40. The van der Waals surface area contributed by atoms with Crippen LogP contribution in [0, 0.1) is 6.92 Å². The Morgan fingerprint density at radius 1 is 1.29 bits per heavy atom. The molecule has 0 radical (unpaired) electrons. The van der Waals surface area contributed by atoms with Gasteiger partial charge in [0.15, 0.2) is 5.78 Å². The van der Waals surface area contributed by atoms with E-state index in [4.69, 9.17) is 11.6 Å². The van der Waals surface area contributed by atoms with Crippen molar-refractivity contribution in [1.29, 1.82) is 0 Å². The number of aromatic nitrogens is 2. The lowest BCUT2D eigenvalue weighted by Gasteiger charge is -2.06. The van der Waals surface area contributed by atoms with Gasteiger partial charge in [0.05, 0.1) is 22.8 Å². The lowest BCUT2D eigenvalue weighted by atomic mass is 10.1. The fourth-order valence-corrected chi connectivity index (χ4v) is 3.06. The van der Waals surface area contributed by atoms with Crippen LogP contribution < -0.4 is 0 Å². The molecule has 0 spiro atoms. The van der Waals surface area contributed by atoms with Crippen LogP contribution in [0.5, 0.6) is 0 Å². The fourth-order valence-electron chi connectivity index (χ4n) is 2.20. The number of benzene rings is 1. The first-order valence-electron chi connectivity index (χ1n) is 7.04. The van der Waals surface area contributed by atoms with Gasteiger partial charge in [0.25, 0.3) is 0 Å². The largest absolute Gasteiger partial charge is 0.294 e. The Kier molecular flexibility index (Phi) is 5.48. The highest BCUT2D eigenvalue weighted by atomic mass is 35.5. The van der Waals surface area contributed by atoms with Crippen LogP contribution in [0.3, 0.4) is 0 Å². The molecule has 0 fully saturated rings. The number of hydrogen-bond donors (Lipinski definition) is 0. The Bertz CT molecular complexity index is 634. The van der Waals surface area contributed by atoms with Gasteiger partial charge in [-0.05, 0) is 31.7 Å². The molecule has 3 nitrogen and oxygen atoms in total. The topological polar surface area (TPSA) is 34.9 Å². The molecule has 1 aromatic heterocycles. The fraction of sp³-hybridized carbons (Fsp3) is 0.375. The van der Waals surface area contributed by atoms with Crippen molar-refractivity contribution < 1.29 is 4.79 Å². The first kappa shape index (κ1) is 16.1. The maximum absolute atomic E-state index is 12.4. The quantitative estimate of drug-likeness (QED) is 0.584. The summed E-state index contributed by atoms with van der Waals surface area (Å²) in [5.41, 5.74) is 2.29. The molecule has 0 saturated heterocycles. The highest BCUT2D eigenvalue weighted by molar-refractivity contribution is 7.99. The summed E-state index contributed by atoms with van der Waals surface area (Å²) in [5.74, 6) is 1.09. The van der Waals surface area contributed by atoms with Crippen LogP contribution in [0.2, 0.25) is 5.02 Å². The molecule has 0 N–H and O–H groups in total. The lowest BCUT2D eigenvalue weighted by Crippen LogP contribution is -2.10. The summed E-state index contributed by atoms with van der Waals surface area (Å²) >= 11 is 8.02. The van der Waals surface area contributed by atoms with Crippen LogP contribution in [0.1, 0.15) is 35.6 Å². The highest BCUT2D eigenvalue weighted by Crippen LogP contribution is 2.23. The molecule has 0 unspecified atom stereocenters. The van der Waals surface area contributed by atoms with Crippen molar-refractivity contribution >= 4 is 29.1 Å². The van der Waals surface area contributed by atoms with E-state index >= 15 is 0 Å². The molecule has 0 atom stereocenters. The van der Waals surface area contributed by atoms with E-state index in [-0.39, 0.29) is 12.2 Å². The highest BCUT2D eigenvalue weighted by Gasteiger charge is 2.17. The van der Waals surface area contributed by atoms with E-state index in [9.17, 15) is 4.79 Å². The molecule has 5 heteroatoms. The summed E-state index contributed by atoms with van der Waals surface area (Å²) in [7, 11) is 0. The molecule has 0 aliphatic carbocycles. The second-order valence-electron chi connectivity index (χ2n) is 4.72. The van der Waals surface area contributed by atoms with E-state index in [1.54, 1.807) is 16.4 Å². The minimum Gasteiger partial charge on any atom is -0.294 e. The molecular weight excluding hydrogens is 304 g/mol. The smallest absolute Gasteiger partial charge is 0.168 e. The van der Waals surface area contributed by atoms with Gasteiger partial charge in [0.2, 0.25) is 0 Å². The standard InChI is InChI=1S/C16H19ClN2OS/c1-4-19-14(16(17)11(3)18-19)10-15(20)12-6-8-13(9-7-12)21-5-2/h6-9H,4-5,10H2,1-3H3. The molecule has 0 saturated carbocycles. The van der Waals surface area contributed by atoms with Crippen molar-refractivity contribution in [3.63, 3.8) is 0 Å². The molecule has 0 aliphatic rings. The van der Waals surface area contributed by atoms with Crippen molar-refractivity contribution in [1.82, 2.24) is 9.78 Å². The van der Waals surface area contributed by atoms with Gasteiger partial charge in [0, 0.05) is 17.0 Å². The Morgan fingerprint density at radius 3 is 2.52 bits per heavy atom. The SMILES string of the molecule is CCSc1ccc(C(=O)Cc2c(Cl)c(C)nn2CC)cc1. The van der Waals surface area contributed by atoms with Gasteiger partial charge in [-0.15, -0.1) is 11.8 Å². The molecule has 2 rings (SSSR count). The summed E-state index contributed by atoms with van der Waals surface area (Å²) < 4.78 is 1.80. The van der Waals surface area contributed by atoms with E-state index in [0.29, 0.717) is 17.1 Å². The maximum Gasteiger partial charge on any atom is 0.168 e. The van der Waals surface area contributed by atoms with Gasteiger partial charge in [-0.2, -0.15) is 5.10 Å². The number of rotatable bonds is 6. The number of Topliss-reactive ketones (excluding diaryl/α,β-unsaturated/α-hetero) is 1. The molecule has 0 amide bonds. The molecule has 112 valence electrons. The van der Waals surface area contributed by atoms with Crippen molar-refractivity contribution in [2.45, 2.75) is 38.6 Å². The van der Waals surface area contributed by atoms with Gasteiger partial charge in [-0.1, -0.05) is 30.7 Å². The van der Waals surface area contributed by atoms with Crippen LogP contribution in [0.4, 0.5) is 0 Å². The van der Waals surface area contributed by atoms with Crippen LogP contribution >= 0.6 is 23.4 Å². The number of carbonyl (C=O) groups excluding carboxylic acids is 1. The average Bonchev–Trinajstić information content (AvgIpc) is 2.76. The Balaban J connectivity index is 2.18. The van der Waals surface area contributed by atoms with E-state index in [0.717, 1.165) is 17.1 Å². The zero-order valence-corrected chi connectivity index (χ0v) is 14.1. The van der Waals surface area contributed by atoms with Gasteiger partial charge in [-0.25, -0.2) is 0 Å². The number of hydrogen-bond acceptors (Lipinski definition) is 3. The summed E-state index contributed by atoms with van der Waals surface area (Å²) in [6.45, 7) is 6.68. The number of nitrogens with zero attached hydrogens (tertiary/aromatic N) is 2. The van der Waals surface area contributed by atoms with Crippen molar-refractivity contribution in [3.05, 3.63) is 46.2 Å². The second-order valence-corrected chi connectivity index (χ2v) is 6.43. The van der Waals surface area contributed by atoms with E-state index in [2.05, 4.69) is 12.0 Å². The number of halogens is 1. The van der Waals surface area contributed by atoms with Gasteiger partial charge in [-0.3, -0.25) is 9.48 Å². The number of aryl methyl sites for hydroxylation is 2. The van der Waals surface area contributed by atoms with E-state index < -0.39 is 0 Å². The van der Waals surface area contributed by atoms with Crippen LogP contribution in [-0.4, -0.2) is 21.3 Å². The summed E-state index contributed by atoms with van der Waals surface area (Å²) in [6.07, 6.45) is 0.285. The third-order valence-corrected chi connectivity index (χ3v) is 4.65. The molecule has 0 aliphatic heterocycles. The molecule has 2 aromatic rings. The molecule has 21 heavy (non-hydrogen) atoms. The van der Waals surface area contributed by atoms with Gasteiger partial charge < -0.3 is 0 Å². The first-order valence-corrected chi connectivity index (χ1v) is 8.41. The Labute approximate surface area is 134 Å². The number of ketones is 1. The van der Waals surface area contributed by atoms with Crippen LogP contribution in [0.25, 0.3) is 0 Å². The predicted molar refractivity (Wildman–Crippen MR) is 88.5 cm³/mol. The van der Waals surface area contributed by atoms with E-state index in [1.165, 1.54) is 4.90 Å². The molecule has 1 aromatic carbocycles. The third kappa shape index (κ3) is 3.69. The minimum absolute atomic E-state index is 0.0690. The minimum atomic E-state index is 0.0690. The van der Waals surface area contributed by atoms with Crippen LogP contribution in [-0.2, 0) is 13.0 Å². The number of carbonyl (C=O) groups is 1. The Morgan fingerprint density at radius 2 is 1.95 bits per heavy atom. The summed E-state index contributed by atoms with van der Waals surface area (Å²) in [4.78, 5) is 13.6. The summed E-state index contributed by atoms with van der Waals surface area (Å²) in [6, 6.07) is 7.75. The number of thioether (sulfide) groups is 1. The zero-order chi connectivity index (χ0) is 15.4. The van der Waals surface area contributed by atoms with E-state index in [1.807, 2.05) is 38.1 Å². The first-order chi connectivity index (χ1) is 10.1. The van der Waals surface area contributed by atoms with Crippen molar-refractivity contribution in [3.8, 4) is 0 Å². The monoisotopic (exact) mass is 322 g/mol. The Hall–Kier alpha value is -1.26. The normalized spacial score (nSPS) is 10.9. The molecule has 0 bridgehead atoms. The van der Waals surface area contributed by atoms with Gasteiger partial charge >= 0.3 is 0 Å². The maximum atomic E-state index is 12.4. The molecular formula is C16H19ClN2OS. The zero-order valence-electron chi connectivity index (χ0n) is 12.5. The summed E-state index contributed by atoms with van der Waals surface area (Å²) in [5, 5.41) is 4.94. The lowest BCUT2D eigenvalue weighted by molar-refractivity contribution is 0.0990.